The number of rotatable bonds is 5. The Hall–Kier alpha value is -1.39. The van der Waals surface area contributed by atoms with Gasteiger partial charge in [-0.25, -0.2) is 4.98 Å². The van der Waals surface area contributed by atoms with Crippen LogP contribution in [0.4, 0.5) is 5.13 Å². The van der Waals surface area contributed by atoms with Gasteiger partial charge in [0.25, 0.3) is 0 Å². The van der Waals surface area contributed by atoms with Crippen molar-refractivity contribution < 1.29 is 0 Å². The molecule has 0 bridgehead atoms. The Balaban J connectivity index is 2.10. The van der Waals surface area contributed by atoms with E-state index in [2.05, 4.69) is 39.9 Å². The molecule has 0 spiro atoms. The molecule has 0 radical (unpaired) electrons. The average molecular weight is 261 g/mol. The highest BCUT2D eigenvalue weighted by atomic mass is 32.1. The summed E-state index contributed by atoms with van der Waals surface area (Å²) in [6.45, 7) is 0. The largest absolute Gasteiger partial charge is 0.354 e. The maximum atomic E-state index is 4.63. The first-order valence-electron chi connectivity index (χ1n) is 6.04. The second kappa shape index (κ2) is 5.98. The fourth-order valence-electron chi connectivity index (χ4n) is 1.88. The van der Waals surface area contributed by atoms with Gasteiger partial charge >= 0.3 is 0 Å². The summed E-state index contributed by atoms with van der Waals surface area (Å²) in [5.41, 5.74) is 2.45. The van der Waals surface area contributed by atoms with Crippen molar-refractivity contribution in [2.24, 2.45) is 0 Å². The lowest BCUT2D eigenvalue weighted by atomic mass is 10.0. The average Bonchev–Trinajstić information content (AvgIpc) is 2.86. The van der Waals surface area contributed by atoms with Crippen molar-refractivity contribution in [2.75, 3.05) is 26.0 Å². The van der Waals surface area contributed by atoms with Crippen LogP contribution in [0.25, 0.3) is 0 Å². The van der Waals surface area contributed by atoms with Crippen molar-refractivity contribution in [1.29, 1.82) is 0 Å². The molecular formula is C14H19N3S. The first kappa shape index (κ1) is 13.1. The molecule has 1 atom stereocenters. The molecule has 1 N–H and O–H groups in total. The van der Waals surface area contributed by atoms with Crippen molar-refractivity contribution in [3.8, 4) is 0 Å². The van der Waals surface area contributed by atoms with Crippen molar-refractivity contribution in [1.82, 2.24) is 10.3 Å². The summed E-state index contributed by atoms with van der Waals surface area (Å²) >= 11 is 1.69. The molecule has 96 valence electrons. The van der Waals surface area contributed by atoms with Gasteiger partial charge in [-0.3, -0.25) is 0 Å². The molecule has 0 aliphatic carbocycles. The Morgan fingerprint density at radius 2 is 2.00 bits per heavy atom. The van der Waals surface area contributed by atoms with E-state index in [-0.39, 0.29) is 0 Å². The summed E-state index contributed by atoms with van der Waals surface area (Å²) in [4.78, 5) is 6.67. The van der Waals surface area contributed by atoms with E-state index in [4.69, 9.17) is 0 Å². The van der Waals surface area contributed by atoms with Crippen LogP contribution in [0.15, 0.2) is 35.7 Å². The fourth-order valence-corrected chi connectivity index (χ4v) is 2.65. The molecule has 0 aliphatic rings. The van der Waals surface area contributed by atoms with Crippen LogP contribution >= 0.6 is 11.3 Å². The number of hydrogen-bond acceptors (Lipinski definition) is 4. The van der Waals surface area contributed by atoms with E-state index < -0.39 is 0 Å². The van der Waals surface area contributed by atoms with Gasteiger partial charge in [0.1, 0.15) is 0 Å². The SMILES string of the molecule is CNC(Cc1csc(N(C)C)n1)c1ccccc1. The molecular weight excluding hydrogens is 242 g/mol. The molecule has 0 saturated heterocycles. The fraction of sp³-hybridized carbons (Fsp3) is 0.357. The second-order valence-electron chi connectivity index (χ2n) is 4.47. The maximum absolute atomic E-state index is 4.63. The molecule has 0 fully saturated rings. The summed E-state index contributed by atoms with van der Waals surface area (Å²) in [7, 11) is 6.04. The van der Waals surface area contributed by atoms with E-state index in [0.29, 0.717) is 6.04 Å². The van der Waals surface area contributed by atoms with Crippen LogP contribution in [0.2, 0.25) is 0 Å². The van der Waals surface area contributed by atoms with Crippen LogP contribution in [-0.4, -0.2) is 26.1 Å². The molecule has 18 heavy (non-hydrogen) atoms. The number of likely N-dealkylation sites (N-methyl/N-ethyl adjacent to an activating group) is 1. The van der Waals surface area contributed by atoms with E-state index >= 15 is 0 Å². The number of nitrogens with one attached hydrogen (secondary N) is 1. The van der Waals surface area contributed by atoms with Crippen LogP contribution in [0.1, 0.15) is 17.3 Å². The van der Waals surface area contributed by atoms with Gasteiger partial charge in [-0.15, -0.1) is 11.3 Å². The zero-order chi connectivity index (χ0) is 13.0. The summed E-state index contributed by atoms with van der Waals surface area (Å²) in [6, 6.07) is 10.8. The van der Waals surface area contributed by atoms with Gasteiger partial charge in [0.15, 0.2) is 5.13 Å². The standard InChI is InChI=1S/C14H19N3S/c1-15-13(11-7-5-4-6-8-11)9-12-10-18-14(16-12)17(2)3/h4-8,10,13,15H,9H2,1-3H3. The lowest BCUT2D eigenvalue weighted by molar-refractivity contribution is 0.586. The third-order valence-electron chi connectivity index (χ3n) is 2.89. The van der Waals surface area contributed by atoms with E-state index in [1.54, 1.807) is 11.3 Å². The van der Waals surface area contributed by atoms with Crippen LogP contribution in [0, 0.1) is 0 Å². The number of anilines is 1. The van der Waals surface area contributed by atoms with Crippen molar-refractivity contribution in [3.05, 3.63) is 47.0 Å². The molecule has 1 unspecified atom stereocenters. The van der Waals surface area contributed by atoms with E-state index in [1.807, 2.05) is 32.1 Å². The van der Waals surface area contributed by atoms with Crippen LogP contribution in [-0.2, 0) is 6.42 Å². The Kier molecular flexibility index (Phi) is 4.33. The molecule has 0 amide bonds. The highest BCUT2D eigenvalue weighted by molar-refractivity contribution is 7.13. The molecule has 0 aliphatic heterocycles. The number of hydrogen-bond donors (Lipinski definition) is 1. The molecule has 2 aromatic rings. The summed E-state index contributed by atoms with van der Waals surface area (Å²) < 4.78 is 0. The lowest BCUT2D eigenvalue weighted by Crippen LogP contribution is -2.19. The van der Waals surface area contributed by atoms with Gasteiger partial charge < -0.3 is 10.2 Å². The van der Waals surface area contributed by atoms with Crippen LogP contribution in [0.5, 0.6) is 0 Å². The first-order valence-corrected chi connectivity index (χ1v) is 6.92. The smallest absolute Gasteiger partial charge is 0.184 e. The number of benzene rings is 1. The van der Waals surface area contributed by atoms with Gasteiger partial charge in [0.05, 0.1) is 5.69 Å². The monoisotopic (exact) mass is 261 g/mol. The van der Waals surface area contributed by atoms with Crippen LogP contribution < -0.4 is 10.2 Å². The van der Waals surface area contributed by atoms with Crippen molar-refractivity contribution in [3.63, 3.8) is 0 Å². The van der Waals surface area contributed by atoms with Gasteiger partial charge in [-0.2, -0.15) is 0 Å². The molecule has 1 heterocycles. The number of nitrogens with zero attached hydrogens (tertiary/aromatic N) is 2. The zero-order valence-corrected chi connectivity index (χ0v) is 11.9. The van der Waals surface area contributed by atoms with Crippen molar-refractivity contribution >= 4 is 16.5 Å². The Morgan fingerprint density at radius 3 is 2.56 bits per heavy atom. The van der Waals surface area contributed by atoms with Gasteiger partial charge in [-0.1, -0.05) is 30.3 Å². The Morgan fingerprint density at radius 1 is 1.28 bits per heavy atom. The Labute approximate surface area is 112 Å². The highest BCUT2D eigenvalue weighted by Crippen LogP contribution is 2.23. The predicted octanol–water partition coefficient (Wildman–Crippen LogP) is 2.71. The second-order valence-corrected chi connectivity index (χ2v) is 5.31. The highest BCUT2D eigenvalue weighted by Gasteiger charge is 2.12. The van der Waals surface area contributed by atoms with E-state index in [9.17, 15) is 0 Å². The molecule has 3 nitrogen and oxygen atoms in total. The summed E-state index contributed by atoms with van der Waals surface area (Å²) in [6.07, 6.45) is 0.921. The van der Waals surface area contributed by atoms with Crippen LogP contribution in [0.3, 0.4) is 0 Å². The van der Waals surface area contributed by atoms with Crippen molar-refractivity contribution in [2.45, 2.75) is 12.5 Å². The third kappa shape index (κ3) is 3.09. The molecule has 1 aromatic carbocycles. The first-order chi connectivity index (χ1) is 8.70. The molecule has 0 saturated carbocycles. The van der Waals surface area contributed by atoms with Gasteiger partial charge in [-0.05, 0) is 12.6 Å². The molecule has 1 aromatic heterocycles. The minimum absolute atomic E-state index is 0.323. The number of aromatic nitrogens is 1. The third-order valence-corrected chi connectivity index (χ3v) is 3.94. The maximum Gasteiger partial charge on any atom is 0.184 e. The molecule has 2 rings (SSSR count). The topological polar surface area (TPSA) is 28.2 Å². The lowest BCUT2D eigenvalue weighted by Gasteiger charge is -2.15. The van der Waals surface area contributed by atoms with E-state index in [1.165, 1.54) is 5.56 Å². The minimum atomic E-state index is 0.323. The van der Waals surface area contributed by atoms with Gasteiger partial charge in [0, 0.05) is 31.9 Å². The normalized spacial score (nSPS) is 12.4. The van der Waals surface area contributed by atoms with E-state index in [0.717, 1.165) is 17.2 Å². The minimum Gasteiger partial charge on any atom is -0.354 e. The Bertz CT molecular complexity index is 479. The predicted molar refractivity (Wildman–Crippen MR) is 78.4 cm³/mol. The number of thiazole rings is 1. The summed E-state index contributed by atoms with van der Waals surface area (Å²) in [5.74, 6) is 0. The summed E-state index contributed by atoms with van der Waals surface area (Å²) in [5, 5.41) is 6.56. The zero-order valence-electron chi connectivity index (χ0n) is 11.1. The van der Waals surface area contributed by atoms with Gasteiger partial charge in [0.2, 0.25) is 0 Å². The molecule has 4 heteroatoms. The quantitative estimate of drug-likeness (QED) is 0.897.